The van der Waals surface area contributed by atoms with Gasteiger partial charge in [0.2, 0.25) is 0 Å². The average Bonchev–Trinajstić information content (AvgIpc) is 2.99. The van der Waals surface area contributed by atoms with E-state index in [1.807, 2.05) is 6.92 Å². The molecule has 0 saturated carbocycles. The van der Waals surface area contributed by atoms with Crippen LogP contribution in [0, 0.1) is 6.92 Å². The molecule has 0 atom stereocenters. The summed E-state index contributed by atoms with van der Waals surface area (Å²) < 4.78 is 10.6. The van der Waals surface area contributed by atoms with Crippen LogP contribution < -0.4 is 15.4 Å². The standard InChI is InChI=1S/C19H26N4O4S/c1-12-20-10-14(28-12)11-23(5)17(24)21-13-7-8-15(16(9-13)26-6)22-18(25)27-19(2,3)4/h7-10H,11H2,1-6H3,(H,21,24)(H,22,25). The summed E-state index contributed by atoms with van der Waals surface area (Å²) in [6.07, 6.45) is 1.19. The number of rotatable bonds is 5. The fourth-order valence-corrected chi connectivity index (χ4v) is 3.14. The first-order chi connectivity index (χ1) is 13.1. The van der Waals surface area contributed by atoms with Gasteiger partial charge in [0.15, 0.2) is 0 Å². The number of methoxy groups -OCH3 is 1. The quantitative estimate of drug-likeness (QED) is 0.764. The van der Waals surface area contributed by atoms with Gasteiger partial charge in [-0.1, -0.05) is 0 Å². The lowest BCUT2D eigenvalue weighted by Crippen LogP contribution is -2.30. The molecule has 9 heteroatoms. The number of aromatic nitrogens is 1. The van der Waals surface area contributed by atoms with Crippen LogP contribution in [0.1, 0.15) is 30.7 Å². The molecule has 0 aliphatic rings. The number of nitrogens with one attached hydrogen (secondary N) is 2. The van der Waals surface area contributed by atoms with E-state index in [2.05, 4.69) is 15.6 Å². The van der Waals surface area contributed by atoms with Crippen molar-refractivity contribution < 1.29 is 19.1 Å². The van der Waals surface area contributed by atoms with E-state index in [1.165, 1.54) is 7.11 Å². The molecule has 0 unspecified atom stereocenters. The molecule has 3 amide bonds. The monoisotopic (exact) mass is 406 g/mol. The van der Waals surface area contributed by atoms with Crippen molar-refractivity contribution in [2.75, 3.05) is 24.8 Å². The number of hydrogen-bond acceptors (Lipinski definition) is 6. The summed E-state index contributed by atoms with van der Waals surface area (Å²) in [5.41, 5.74) is 0.388. The van der Waals surface area contributed by atoms with E-state index in [1.54, 1.807) is 68.5 Å². The molecule has 1 heterocycles. The van der Waals surface area contributed by atoms with Crippen molar-refractivity contribution in [3.05, 3.63) is 34.3 Å². The van der Waals surface area contributed by atoms with Gasteiger partial charge in [0, 0.05) is 29.9 Å². The molecule has 0 bridgehead atoms. The lowest BCUT2D eigenvalue weighted by Gasteiger charge is -2.21. The summed E-state index contributed by atoms with van der Waals surface area (Å²) in [5.74, 6) is 0.407. The molecule has 0 aliphatic carbocycles. The number of hydrogen-bond donors (Lipinski definition) is 2. The second-order valence-electron chi connectivity index (χ2n) is 7.17. The van der Waals surface area contributed by atoms with Crippen LogP contribution in [0.15, 0.2) is 24.4 Å². The van der Waals surface area contributed by atoms with E-state index in [9.17, 15) is 9.59 Å². The zero-order valence-corrected chi connectivity index (χ0v) is 17.8. The van der Waals surface area contributed by atoms with Crippen LogP contribution in [0.4, 0.5) is 21.0 Å². The van der Waals surface area contributed by atoms with Crippen molar-refractivity contribution in [1.29, 1.82) is 0 Å². The Labute approximate surface area is 168 Å². The van der Waals surface area contributed by atoms with Gasteiger partial charge in [-0.05, 0) is 39.8 Å². The second-order valence-corrected chi connectivity index (χ2v) is 8.49. The lowest BCUT2D eigenvalue weighted by molar-refractivity contribution is 0.0635. The Morgan fingerprint density at radius 3 is 2.54 bits per heavy atom. The number of thiazole rings is 1. The molecule has 0 aliphatic heterocycles. The van der Waals surface area contributed by atoms with E-state index in [0.29, 0.717) is 23.7 Å². The summed E-state index contributed by atoms with van der Waals surface area (Å²) in [4.78, 5) is 31.1. The molecule has 0 spiro atoms. The van der Waals surface area contributed by atoms with Crippen LogP contribution in [0.2, 0.25) is 0 Å². The van der Waals surface area contributed by atoms with Crippen LogP contribution in [-0.4, -0.2) is 41.8 Å². The molecule has 2 N–H and O–H groups in total. The Morgan fingerprint density at radius 2 is 1.96 bits per heavy atom. The van der Waals surface area contributed by atoms with Crippen LogP contribution in [-0.2, 0) is 11.3 Å². The molecule has 152 valence electrons. The molecule has 0 fully saturated rings. The molecule has 0 saturated heterocycles. The molecule has 2 rings (SSSR count). The van der Waals surface area contributed by atoms with E-state index in [-0.39, 0.29) is 6.03 Å². The summed E-state index contributed by atoms with van der Waals surface area (Å²) in [7, 11) is 3.19. The maximum atomic E-state index is 12.4. The zero-order chi connectivity index (χ0) is 20.9. The molecule has 8 nitrogen and oxygen atoms in total. The van der Waals surface area contributed by atoms with Gasteiger partial charge >= 0.3 is 12.1 Å². The van der Waals surface area contributed by atoms with Gasteiger partial charge < -0.3 is 19.7 Å². The van der Waals surface area contributed by atoms with Crippen LogP contribution in [0.3, 0.4) is 0 Å². The van der Waals surface area contributed by atoms with Crippen LogP contribution in [0.5, 0.6) is 5.75 Å². The van der Waals surface area contributed by atoms with E-state index < -0.39 is 11.7 Å². The maximum Gasteiger partial charge on any atom is 0.412 e. The highest BCUT2D eigenvalue weighted by Crippen LogP contribution is 2.28. The SMILES string of the molecule is COc1cc(NC(=O)N(C)Cc2cnc(C)s2)ccc1NC(=O)OC(C)(C)C. The first-order valence-electron chi connectivity index (χ1n) is 8.69. The van der Waals surface area contributed by atoms with Crippen LogP contribution in [0.25, 0.3) is 0 Å². The predicted octanol–water partition coefficient (Wildman–Crippen LogP) is 4.47. The van der Waals surface area contributed by atoms with E-state index in [0.717, 1.165) is 9.88 Å². The number of ether oxygens (including phenoxy) is 2. The third-order valence-electron chi connectivity index (χ3n) is 3.50. The number of benzene rings is 1. The summed E-state index contributed by atoms with van der Waals surface area (Å²) in [6, 6.07) is 4.69. The van der Waals surface area contributed by atoms with Gasteiger partial charge in [-0.25, -0.2) is 14.6 Å². The normalized spacial score (nSPS) is 10.9. The highest BCUT2D eigenvalue weighted by Gasteiger charge is 2.18. The Kier molecular flexibility index (Phi) is 6.85. The molecule has 1 aromatic heterocycles. The fourth-order valence-electron chi connectivity index (χ4n) is 2.29. The molecule has 1 aromatic carbocycles. The number of amides is 3. The fraction of sp³-hybridized carbons (Fsp3) is 0.421. The first-order valence-corrected chi connectivity index (χ1v) is 9.50. The zero-order valence-electron chi connectivity index (χ0n) is 17.0. The Balaban J connectivity index is 2.02. The maximum absolute atomic E-state index is 12.4. The van der Waals surface area contributed by atoms with Crippen molar-refractivity contribution in [2.24, 2.45) is 0 Å². The van der Waals surface area contributed by atoms with Crippen molar-refractivity contribution in [3.63, 3.8) is 0 Å². The third kappa shape index (κ3) is 6.41. The van der Waals surface area contributed by atoms with E-state index >= 15 is 0 Å². The van der Waals surface area contributed by atoms with Crippen molar-refractivity contribution in [1.82, 2.24) is 9.88 Å². The summed E-state index contributed by atoms with van der Waals surface area (Å²) >= 11 is 1.55. The molecular formula is C19H26N4O4S. The van der Waals surface area contributed by atoms with Crippen molar-refractivity contribution >= 4 is 34.8 Å². The Bertz CT molecular complexity index is 845. The number of aryl methyl sites for hydroxylation is 1. The van der Waals surface area contributed by atoms with E-state index in [4.69, 9.17) is 9.47 Å². The van der Waals surface area contributed by atoms with Gasteiger partial charge in [-0.3, -0.25) is 5.32 Å². The third-order valence-corrected chi connectivity index (χ3v) is 4.39. The molecular weight excluding hydrogens is 380 g/mol. The average molecular weight is 407 g/mol. The largest absolute Gasteiger partial charge is 0.494 e. The van der Waals surface area contributed by atoms with Crippen molar-refractivity contribution in [3.8, 4) is 5.75 Å². The second kappa shape index (κ2) is 8.92. The van der Waals surface area contributed by atoms with Gasteiger partial charge in [-0.15, -0.1) is 11.3 Å². The van der Waals surface area contributed by atoms with Gasteiger partial charge in [0.05, 0.1) is 24.3 Å². The highest BCUT2D eigenvalue weighted by molar-refractivity contribution is 7.11. The van der Waals surface area contributed by atoms with Gasteiger partial charge in [-0.2, -0.15) is 0 Å². The summed E-state index contributed by atoms with van der Waals surface area (Å²) in [5, 5.41) is 6.41. The Morgan fingerprint density at radius 1 is 1.25 bits per heavy atom. The minimum Gasteiger partial charge on any atom is -0.494 e. The predicted molar refractivity (Wildman–Crippen MR) is 110 cm³/mol. The topological polar surface area (TPSA) is 92.8 Å². The number of urea groups is 1. The minimum atomic E-state index is -0.605. The Hall–Kier alpha value is -2.81. The smallest absolute Gasteiger partial charge is 0.412 e. The lowest BCUT2D eigenvalue weighted by atomic mass is 10.2. The minimum absolute atomic E-state index is 0.263. The first kappa shape index (κ1) is 21.5. The van der Waals surface area contributed by atoms with Gasteiger partial charge in [0.1, 0.15) is 11.4 Å². The number of nitrogens with zero attached hydrogens (tertiary/aromatic N) is 2. The van der Waals surface area contributed by atoms with Crippen LogP contribution >= 0.6 is 11.3 Å². The summed E-state index contributed by atoms with van der Waals surface area (Å²) in [6.45, 7) is 7.74. The van der Waals surface area contributed by atoms with Crippen molar-refractivity contribution in [2.45, 2.75) is 39.8 Å². The number of anilines is 2. The number of carbonyl (C=O) groups excluding carboxylic acids is 2. The number of carbonyl (C=O) groups is 2. The molecule has 2 aromatic rings. The molecule has 28 heavy (non-hydrogen) atoms. The molecule has 0 radical (unpaired) electrons. The van der Waals surface area contributed by atoms with Gasteiger partial charge in [0.25, 0.3) is 0 Å². The highest BCUT2D eigenvalue weighted by atomic mass is 32.1.